The first-order valence-corrected chi connectivity index (χ1v) is 16.9. The van der Waals surface area contributed by atoms with Crippen LogP contribution in [-0.4, -0.2) is 89.4 Å². The standard InChI is InChI=1S/C28H37F2N7O6S2/c1-27(2,3)43-26(39)36-11-7-16(14-36)13-31-10-6-17-12-18(45(40,41)35-28(4)8-9-28)15-37-20(17)19(25(38)42-5)32-22(37)24-34-33-23(44-24)21(29)30/h12,15-16,21,31,35H,6-11,13-14H2,1-5H3. The van der Waals surface area contributed by atoms with Gasteiger partial charge in [0, 0.05) is 24.8 Å². The second kappa shape index (κ2) is 12.5. The largest absolute Gasteiger partial charge is 0.464 e. The summed E-state index contributed by atoms with van der Waals surface area (Å²) in [4.78, 5) is 31.3. The summed E-state index contributed by atoms with van der Waals surface area (Å²) in [7, 11) is -2.81. The van der Waals surface area contributed by atoms with Gasteiger partial charge in [-0.1, -0.05) is 11.3 Å². The lowest BCUT2D eigenvalue weighted by atomic mass is 10.1. The van der Waals surface area contributed by atoms with Crippen molar-refractivity contribution in [3.05, 3.63) is 28.5 Å². The third kappa shape index (κ3) is 7.58. The number of hydrogen-bond donors (Lipinski definition) is 2. The van der Waals surface area contributed by atoms with Gasteiger partial charge in [-0.15, -0.1) is 10.2 Å². The minimum Gasteiger partial charge on any atom is -0.464 e. The van der Waals surface area contributed by atoms with Gasteiger partial charge in [0.1, 0.15) is 5.60 Å². The van der Waals surface area contributed by atoms with Gasteiger partial charge in [-0.05, 0) is 84.0 Å². The number of fused-ring (bicyclic) bond motifs is 1. The molecule has 45 heavy (non-hydrogen) atoms. The van der Waals surface area contributed by atoms with Crippen LogP contribution in [0.1, 0.15) is 74.4 Å². The number of imidazole rings is 1. The molecule has 1 aliphatic carbocycles. The number of halogens is 2. The second-order valence-electron chi connectivity index (χ2n) is 12.6. The van der Waals surface area contributed by atoms with Crippen molar-refractivity contribution in [3.8, 4) is 10.8 Å². The van der Waals surface area contributed by atoms with E-state index in [1.54, 1.807) is 4.90 Å². The first kappa shape index (κ1) is 33.1. The van der Waals surface area contributed by atoms with Crippen molar-refractivity contribution in [2.24, 2.45) is 5.92 Å². The molecular formula is C28H37F2N7O6S2. The van der Waals surface area contributed by atoms with Crippen LogP contribution in [0, 0.1) is 5.92 Å². The quantitative estimate of drug-likeness (QED) is 0.227. The fourth-order valence-electron chi connectivity index (χ4n) is 5.10. The van der Waals surface area contributed by atoms with E-state index in [1.165, 1.54) is 23.8 Å². The Balaban J connectivity index is 1.43. The zero-order chi connectivity index (χ0) is 32.7. The summed E-state index contributed by atoms with van der Waals surface area (Å²) < 4.78 is 68.2. The minimum atomic E-state index is -4.00. The van der Waals surface area contributed by atoms with E-state index in [-0.39, 0.29) is 38.9 Å². The highest BCUT2D eigenvalue weighted by Crippen LogP contribution is 2.37. The molecule has 1 atom stereocenters. The highest BCUT2D eigenvalue weighted by Gasteiger charge is 2.41. The Hall–Kier alpha value is -3.28. The van der Waals surface area contributed by atoms with Crippen LogP contribution in [0.3, 0.4) is 0 Å². The molecule has 1 unspecified atom stereocenters. The highest BCUT2D eigenvalue weighted by molar-refractivity contribution is 7.89. The number of nitrogens with one attached hydrogen (secondary N) is 2. The van der Waals surface area contributed by atoms with Crippen LogP contribution >= 0.6 is 11.3 Å². The predicted octanol–water partition coefficient (Wildman–Crippen LogP) is 3.80. The first-order valence-electron chi connectivity index (χ1n) is 14.6. The molecule has 0 spiro atoms. The molecule has 5 rings (SSSR count). The van der Waals surface area contributed by atoms with Crippen molar-refractivity contribution in [2.75, 3.05) is 33.3 Å². The summed E-state index contributed by atoms with van der Waals surface area (Å²) >= 11 is 0.599. The highest BCUT2D eigenvalue weighted by atomic mass is 32.2. The first-order chi connectivity index (χ1) is 21.1. The lowest BCUT2D eigenvalue weighted by Gasteiger charge is -2.24. The summed E-state index contributed by atoms with van der Waals surface area (Å²) in [6, 6.07) is 1.49. The number of carbonyl (C=O) groups excluding carboxylic acids is 2. The molecule has 1 saturated carbocycles. The molecule has 0 bridgehead atoms. The minimum absolute atomic E-state index is 0.00744. The predicted molar refractivity (Wildman–Crippen MR) is 161 cm³/mol. The summed E-state index contributed by atoms with van der Waals surface area (Å²) in [5.41, 5.74) is -0.479. The van der Waals surface area contributed by atoms with E-state index in [4.69, 9.17) is 9.47 Å². The molecule has 2 N–H and O–H groups in total. The van der Waals surface area contributed by atoms with Gasteiger partial charge >= 0.3 is 12.1 Å². The number of sulfonamides is 1. The van der Waals surface area contributed by atoms with Gasteiger partial charge in [0.2, 0.25) is 10.0 Å². The number of alkyl halides is 2. The van der Waals surface area contributed by atoms with E-state index in [1.807, 2.05) is 27.7 Å². The fraction of sp³-hybridized carbons (Fsp3) is 0.607. The number of amides is 1. The monoisotopic (exact) mass is 669 g/mol. The number of carbonyl (C=O) groups is 2. The Labute approximate surface area is 263 Å². The maximum absolute atomic E-state index is 13.5. The van der Waals surface area contributed by atoms with Gasteiger partial charge < -0.3 is 19.7 Å². The molecule has 17 heteroatoms. The summed E-state index contributed by atoms with van der Waals surface area (Å²) in [6.45, 7) is 9.42. The molecule has 1 aliphatic heterocycles. The maximum Gasteiger partial charge on any atom is 0.410 e. The van der Waals surface area contributed by atoms with E-state index in [0.29, 0.717) is 62.3 Å². The summed E-state index contributed by atoms with van der Waals surface area (Å²) in [6.07, 6.45) is 0.587. The van der Waals surface area contributed by atoms with Crippen LogP contribution in [0.25, 0.3) is 16.3 Å². The molecule has 3 aromatic rings. The molecule has 0 aromatic carbocycles. The molecule has 2 fully saturated rings. The summed E-state index contributed by atoms with van der Waals surface area (Å²) in [5.74, 6) is -0.591. The number of aromatic nitrogens is 4. The van der Waals surface area contributed by atoms with Gasteiger partial charge in [-0.3, -0.25) is 4.40 Å². The van der Waals surface area contributed by atoms with Gasteiger partial charge in [0.05, 0.1) is 17.5 Å². The maximum atomic E-state index is 13.5. The molecule has 1 amide bonds. The average molecular weight is 670 g/mol. The second-order valence-corrected chi connectivity index (χ2v) is 15.3. The molecule has 0 radical (unpaired) electrons. The van der Waals surface area contributed by atoms with Crippen molar-refractivity contribution in [1.29, 1.82) is 0 Å². The number of hydrogen-bond acceptors (Lipinski definition) is 11. The van der Waals surface area contributed by atoms with E-state index in [2.05, 4.69) is 25.2 Å². The Morgan fingerprint density at radius 2 is 1.98 bits per heavy atom. The molecule has 13 nitrogen and oxygen atoms in total. The van der Waals surface area contributed by atoms with Gasteiger partial charge in [-0.25, -0.2) is 36.5 Å². The molecule has 1 saturated heterocycles. The normalized spacial score (nSPS) is 18.1. The average Bonchev–Trinajstić information content (AvgIpc) is 3.39. The lowest BCUT2D eigenvalue weighted by molar-refractivity contribution is 0.0288. The van der Waals surface area contributed by atoms with Gasteiger partial charge in [0.25, 0.3) is 6.43 Å². The van der Waals surface area contributed by atoms with Crippen LogP contribution in [0.5, 0.6) is 0 Å². The van der Waals surface area contributed by atoms with E-state index in [0.717, 1.165) is 6.42 Å². The Kier molecular flexibility index (Phi) is 9.19. The third-order valence-electron chi connectivity index (χ3n) is 7.62. The van der Waals surface area contributed by atoms with Crippen LogP contribution < -0.4 is 10.0 Å². The topological polar surface area (TPSA) is 157 Å². The molecule has 2 aliphatic rings. The third-order valence-corrected chi connectivity index (χ3v) is 10.2. The van der Waals surface area contributed by atoms with Crippen LogP contribution in [0.4, 0.5) is 13.6 Å². The van der Waals surface area contributed by atoms with Crippen LogP contribution in [-0.2, 0) is 25.9 Å². The molecule has 4 heterocycles. The van der Waals surface area contributed by atoms with E-state index in [9.17, 15) is 26.8 Å². The molecular weight excluding hydrogens is 632 g/mol. The number of ether oxygens (including phenoxy) is 2. The summed E-state index contributed by atoms with van der Waals surface area (Å²) in [5, 5.41) is 10.2. The SMILES string of the molecule is COC(=O)c1nc(-c2nnc(C(F)F)s2)n2cc(S(=O)(=O)NC3(C)CC3)cc(CCNCC3CCN(C(=O)OC(C)(C)C)C3)c12. The Bertz CT molecular complexity index is 1700. The van der Waals surface area contributed by atoms with Crippen LogP contribution in [0.2, 0.25) is 0 Å². The van der Waals surface area contributed by atoms with Crippen molar-refractivity contribution in [2.45, 2.75) is 75.8 Å². The number of methoxy groups -OCH3 is 1. The molecule has 3 aromatic heterocycles. The van der Waals surface area contributed by atoms with Crippen molar-refractivity contribution in [3.63, 3.8) is 0 Å². The fourth-order valence-corrected chi connectivity index (χ4v) is 7.30. The Morgan fingerprint density at radius 1 is 1.24 bits per heavy atom. The van der Waals surface area contributed by atoms with Crippen molar-refractivity contribution in [1.82, 2.24) is 34.5 Å². The number of rotatable bonds is 11. The Morgan fingerprint density at radius 3 is 2.60 bits per heavy atom. The van der Waals surface area contributed by atoms with Crippen molar-refractivity contribution >= 4 is 38.9 Å². The smallest absolute Gasteiger partial charge is 0.410 e. The number of nitrogens with zero attached hydrogens (tertiary/aromatic N) is 5. The van der Waals surface area contributed by atoms with Crippen molar-refractivity contribution < 1.29 is 36.3 Å². The molecule has 246 valence electrons. The number of pyridine rings is 1. The number of likely N-dealkylation sites (tertiary alicyclic amines) is 1. The van der Waals surface area contributed by atoms with Gasteiger partial charge in [-0.2, -0.15) is 0 Å². The number of esters is 1. The van der Waals surface area contributed by atoms with Crippen LogP contribution in [0.15, 0.2) is 17.2 Å². The van der Waals surface area contributed by atoms with E-state index < -0.39 is 38.6 Å². The zero-order valence-corrected chi connectivity index (χ0v) is 27.4. The van der Waals surface area contributed by atoms with E-state index >= 15 is 0 Å². The zero-order valence-electron chi connectivity index (χ0n) is 25.7. The lowest BCUT2D eigenvalue weighted by Crippen LogP contribution is -2.36. The van der Waals surface area contributed by atoms with Gasteiger partial charge in [0.15, 0.2) is 21.5 Å².